The van der Waals surface area contributed by atoms with Gasteiger partial charge in [-0.1, -0.05) is 6.07 Å². The van der Waals surface area contributed by atoms with E-state index in [2.05, 4.69) is 4.98 Å². The van der Waals surface area contributed by atoms with Crippen molar-refractivity contribution in [2.24, 2.45) is 0 Å². The molecule has 0 N–H and O–H groups in total. The van der Waals surface area contributed by atoms with Gasteiger partial charge >= 0.3 is 0 Å². The molecule has 0 aliphatic rings. The number of benzene rings is 1. The Balaban J connectivity index is 2.58. The third kappa shape index (κ3) is 2.01. The van der Waals surface area contributed by atoms with E-state index in [-0.39, 0.29) is 11.6 Å². The SMILES string of the molecule is Cc1ccc(F)cc1-c1cc(F)ccn1. The Kier molecular flexibility index (Phi) is 2.46. The summed E-state index contributed by atoms with van der Waals surface area (Å²) in [6.45, 7) is 1.83. The highest BCUT2D eigenvalue weighted by Gasteiger charge is 2.05. The maximum Gasteiger partial charge on any atom is 0.126 e. The minimum absolute atomic E-state index is 0.346. The number of hydrogen-bond donors (Lipinski definition) is 0. The molecule has 0 amide bonds. The molecular weight excluding hydrogens is 196 g/mol. The zero-order chi connectivity index (χ0) is 10.8. The molecule has 1 heterocycles. The van der Waals surface area contributed by atoms with E-state index in [4.69, 9.17) is 0 Å². The fourth-order valence-corrected chi connectivity index (χ4v) is 1.42. The molecule has 76 valence electrons. The summed E-state index contributed by atoms with van der Waals surface area (Å²) < 4.78 is 26.0. The molecule has 0 aliphatic heterocycles. The van der Waals surface area contributed by atoms with E-state index >= 15 is 0 Å². The van der Waals surface area contributed by atoms with Crippen molar-refractivity contribution < 1.29 is 8.78 Å². The number of rotatable bonds is 1. The predicted octanol–water partition coefficient (Wildman–Crippen LogP) is 3.34. The first-order valence-electron chi connectivity index (χ1n) is 4.55. The monoisotopic (exact) mass is 205 g/mol. The Bertz CT molecular complexity index is 495. The van der Waals surface area contributed by atoms with Crippen LogP contribution in [0.25, 0.3) is 11.3 Å². The first-order valence-corrected chi connectivity index (χ1v) is 4.55. The van der Waals surface area contributed by atoms with Gasteiger partial charge in [0, 0.05) is 17.8 Å². The third-order valence-corrected chi connectivity index (χ3v) is 2.20. The first kappa shape index (κ1) is 9.77. The topological polar surface area (TPSA) is 12.9 Å². The van der Waals surface area contributed by atoms with Crippen LogP contribution < -0.4 is 0 Å². The molecule has 0 atom stereocenters. The van der Waals surface area contributed by atoms with Gasteiger partial charge in [0.1, 0.15) is 11.6 Å². The lowest BCUT2D eigenvalue weighted by Crippen LogP contribution is -1.89. The van der Waals surface area contributed by atoms with Crippen LogP contribution in [-0.2, 0) is 0 Å². The molecule has 0 saturated heterocycles. The number of aromatic nitrogens is 1. The molecule has 1 aromatic heterocycles. The molecule has 0 radical (unpaired) electrons. The quantitative estimate of drug-likeness (QED) is 0.695. The fraction of sp³-hybridized carbons (Fsp3) is 0.0833. The molecule has 0 aliphatic carbocycles. The fourth-order valence-electron chi connectivity index (χ4n) is 1.42. The van der Waals surface area contributed by atoms with Gasteiger partial charge in [-0.3, -0.25) is 4.98 Å². The Morgan fingerprint density at radius 2 is 1.73 bits per heavy atom. The van der Waals surface area contributed by atoms with Crippen LogP contribution in [0.15, 0.2) is 36.5 Å². The molecular formula is C12H9F2N. The van der Waals surface area contributed by atoms with Gasteiger partial charge in [-0.2, -0.15) is 0 Å². The van der Waals surface area contributed by atoms with Crippen LogP contribution in [0.1, 0.15) is 5.56 Å². The standard InChI is InChI=1S/C12H9F2N/c1-8-2-3-9(13)6-11(8)12-7-10(14)4-5-15-12/h2-7H,1H3. The van der Waals surface area contributed by atoms with E-state index in [1.807, 2.05) is 6.92 Å². The molecule has 0 saturated carbocycles. The average molecular weight is 205 g/mol. The van der Waals surface area contributed by atoms with Crippen molar-refractivity contribution in [1.82, 2.24) is 4.98 Å². The van der Waals surface area contributed by atoms with E-state index in [9.17, 15) is 8.78 Å². The lowest BCUT2D eigenvalue weighted by atomic mass is 10.1. The summed E-state index contributed by atoms with van der Waals surface area (Å²) >= 11 is 0. The normalized spacial score (nSPS) is 10.3. The van der Waals surface area contributed by atoms with Crippen molar-refractivity contribution in [3.63, 3.8) is 0 Å². The van der Waals surface area contributed by atoms with Crippen molar-refractivity contribution in [2.45, 2.75) is 6.92 Å². The van der Waals surface area contributed by atoms with Crippen LogP contribution in [0, 0.1) is 18.6 Å². The van der Waals surface area contributed by atoms with Gasteiger partial charge in [-0.05, 0) is 30.7 Å². The number of pyridine rings is 1. The van der Waals surface area contributed by atoms with Gasteiger partial charge in [0.25, 0.3) is 0 Å². The molecule has 3 heteroatoms. The summed E-state index contributed by atoms with van der Waals surface area (Å²) in [5, 5.41) is 0. The van der Waals surface area contributed by atoms with Crippen molar-refractivity contribution in [2.75, 3.05) is 0 Å². The van der Waals surface area contributed by atoms with E-state index in [1.165, 1.54) is 30.5 Å². The Hall–Kier alpha value is -1.77. The molecule has 0 spiro atoms. The van der Waals surface area contributed by atoms with E-state index < -0.39 is 0 Å². The van der Waals surface area contributed by atoms with Gasteiger partial charge in [-0.25, -0.2) is 8.78 Å². The van der Waals surface area contributed by atoms with E-state index in [1.54, 1.807) is 6.07 Å². The lowest BCUT2D eigenvalue weighted by molar-refractivity contribution is 0.624. The van der Waals surface area contributed by atoms with Gasteiger partial charge in [-0.15, -0.1) is 0 Å². The molecule has 2 rings (SSSR count). The Morgan fingerprint density at radius 3 is 2.47 bits per heavy atom. The Labute approximate surface area is 86.4 Å². The van der Waals surface area contributed by atoms with Crippen LogP contribution in [0.2, 0.25) is 0 Å². The van der Waals surface area contributed by atoms with Gasteiger partial charge in [0.2, 0.25) is 0 Å². The zero-order valence-electron chi connectivity index (χ0n) is 8.17. The summed E-state index contributed by atoms with van der Waals surface area (Å²) in [4.78, 5) is 4.01. The summed E-state index contributed by atoms with van der Waals surface area (Å²) in [5.41, 5.74) is 1.94. The maximum atomic E-state index is 13.0. The van der Waals surface area contributed by atoms with Crippen molar-refractivity contribution >= 4 is 0 Å². The van der Waals surface area contributed by atoms with Crippen molar-refractivity contribution in [3.8, 4) is 11.3 Å². The third-order valence-electron chi connectivity index (χ3n) is 2.20. The summed E-state index contributed by atoms with van der Waals surface area (Å²) in [6.07, 6.45) is 1.37. The number of aryl methyl sites for hydroxylation is 1. The second-order valence-electron chi connectivity index (χ2n) is 3.32. The molecule has 15 heavy (non-hydrogen) atoms. The summed E-state index contributed by atoms with van der Waals surface area (Å²) in [6, 6.07) is 6.94. The van der Waals surface area contributed by atoms with Gasteiger partial charge < -0.3 is 0 Å². The molecule has 2 aromatic rings. The molecule has 0 fully saturated rings. The second-order valence-corrected chi connectivity index (χ2v) is 3.32. The molecule has 0 unspecified atom stereocenters. The maximum absolute atomic E-state index is 13.0. The van der Waals surface area contributed by atoms with Crippen LogP contribution in [0.3, 0.4) is 0 Å². The highest BCUT2D eigenvalue weighted by Crippen LogP contribution is 2.22. The van der Waals surface area contributed by atoms with Gasteiger partial charge in [0.15, 0.2) is 0 Å². The zero-order valence-corrected chi connectivity index (χ0v) is 8.17. The minimum Gasteiger partial charge on any atom is -0.256 e. The highest BCUT2D eigenvalue weighted by molar-refractivity contribution is 5.63. The van der Waals surface area contributed by atoms with Crippen LogP contribution >= 0.6 is 0 Å². The lowest BCUT2D eigenvalue weighted by Gasteiger charge is -2.04. The van der Waals surface area contributed by atoms with Crippen LogP contribution in [0.5, 0.6) is 0 Å². The van der Waals surface area contributed by atoms with Crippen LogP contribution in [0.4, 0.5) is 8.78 Å². The number of halogens is 2. The van der Waals surface area contributed by atoms with Crippen molar-refractivity contribution in [1.29, 1.82) is 0 Å². The smallest absolute Gasteiger partial charge is 0.126 e. The highest BCUT2D eigenvalue weighted by atomic mass is 19.1. The average Bonchev–Trinajstić information content (AvgIpc) is 2.22. The van der Waals surface area contributed by atoms with Crippen LogP contribution in [-0.4, -0.2) is 4.98 Å². The van der Waals surface area contributed by atoms with E-state index in [0.717, 1.165) is 5.56 Å². The molecule has 0 bridgehead atoms. The van der Waals surface area contributed by atoms with Gasteiger partial charge in [0.05, 0.1) is 5.69 Å². The molecule has 1 nitrogen and oxygen atoms in total. The molecule has 1 aromatic carbocycles. The first-order chi connectivity index (χ1) is 7.16. The minimum atomic E-state index is -0.372. The summed E-state index contributed by atoms with van der Waals surface area (Å²) in [5.74, 6) is -0.717. The van der Waals surface area contributed by atoms with E-state index in [0.29, 0.717) is 11.3 Å². The number of hydrogen-bond acceptors (Lipinski definition) is 1. The summed E-state index contributed by atoms with van der Waals surface area (Å²) in [7, 11) is 0. The number of nitrogens with zero attached hydrogens (tertiary/aromatic N) is 1. The second kappa shape index (κ2) is 3.77. The van der Waals surface area contributed by atoms with Crippen molar-refractivity contribution in [3.05, 3.63) is 53.7 Å². The largest absolute Gasteiger partial charge is 0.256 e. The Morgan fingerprint density at radius 1 is 1.00 bits per heavy atom. The predicted molar refractivity (Wildman–Crippen MR) is 54.3 cm³/mol.